The van der Waals surface area contributed by atoms with Crippen molar-refractivity contribution in [3.05, 3.63) is 12.2 Å². The number of amides is 1. The van der Waals surface area contributed by atoms with Crippen LogP contribution in [0.25, 0.3) is 0 Å². The number of allylic oxidation sites excluding steroid dienone is 2. The highest BCUT2D eigenvalue weighted by Gasteiger charge is 2.16. The maximum atomic E-state index is 11.9. The van der Waals surface area contributed by atoms with Crippen LogP contribution < -0.4 is 0 Å². The fourth-order valence-electron chi connectivity index (χ4n) is 3.46. The Kier molecular flexibility index (Phi) is 15.1. The van der Waals surface area contributed by atoms with Crippen LogP contribution >= 0.6 is 0 Å². The largest absolute Gasteiger partial charge is 0.343 e. The van der Waals surface area contributed by atoms with Crippen LogP contribution in [0, 0.1) is 11.8 Å². The molecule has 1 aliphatic heterocycles. The van der Waals surface area contributed by atoms with E-state index in [1.54, 1.807) is 0 Å². The molecule has 148 valence electrons. The number of hydrogen-bond acceptors (Lipinski definition) is 1. The summed E-state index contributed by atoms with van der Waals surface area (Å²) in [6.07, 6.45) is 23.7. The van der Waals surface area contributed by atoms with E-state index in [9.17, 15) is 4.79 Å². The third-order valence-corrected chi connectivity index (χ3v) is 5.18. The van der Waals surface area contributed by atoms with Crippen molar-refractivity contribution in [2.24, 2.45) is 0 Å². The van der Waals surface area contributed by atoms with Gasteiger partial charge in [0.25, 0.3) is 0 Å². The molecule has 1 heterocycles. The highest BCUT2D eigenvalue weighted by atomic mass is 16.2. The lowest BCUT2D eigenvalue weighted by molar-refractivity contribution is -0.130. The summed E-state index contributed by atoms with van der Waals surface area (Å²) in [5.41, 5.74) is 0. The minimum atomic E-state index is 0.385. The molecular formula is C24H41NO. The predicted octanol–water partition coefficient (Wildman–Crippen LogP) is 6.65. The van der Waals surface area contributed by atoms with Crippen molar-refractivity contribution < 1.29 is 4.79 Å². The second-order valence-corrected chi connectivity index (χ2v) is 7.64. The molecule has 0 aromatic heterocycles. The molecule has 0 saturated carbocycles. The van der Waals surface area contributed by atoms with E-state index < -0.39 is 0 Å². The Balaban J connectivity index is 1.80. The van der Waals surface area contributed by atoms with Crippen LogP contribution in [0.5, 0.6) is 0 Å². The molecule has 0 aromatic rings. The van der Waals surface area contributed by atoms with Crippen molar-refractivity contribution in [2.75, 3.05) is 13.1 Å². The quantitative estimate of drug-likeness (QED) is 0.251. The molecule has 26 heavy (non-hydrogen) atoms. The Morgan fingerprint density at radius 2 is 1.54 bits per heavy atom. The molecule has 1 saturated heterocycles. The zero-order valence-corrected chi connectivity index (χ0v) is 17.2. The SMILES string of the molecule is CCCCCC/C=C/C#CCCCCCCCCCC(=O)N1CCCC1. The van der Waals surface area contributed by atoms with Gasteiger partial charge in [0.05, 0.1) is 0 Å². The first-order valence-corrected chi connectivity index (χ1v) is 11.3. The predicted molar refractivity (Wildman–Crippen MR) is 113 cm³/mol. The summed E-state index contributed by atoms with van der Waals surface area (Å²) in [5.74, 6) is 6.81. The molecule has 0 aliphatic carbocycles. The molecule has 1 amide bonds. The molecule has 1 aliphatic rings. The van der Waals surface area contributed by atoms with Gasteiger partial charge in [-0.3, -0.25) is 4.79 Å². The Labute approximate surface area is 162 Å². The van der Waals surface area contributed by atoms with Gasteiger partial charge in [0.2, 0.25) is 5.91 Å². The summed E-state index contributed by atoms with van der Waals surface area (Å²) in [5, 5.41) is 0. The molecule has 0 atom stereocenters. The molecule has 0 radical (unpaired) electrons. The lowest BCUT2D eigenvalue weighted by atomic mass is 10.1. The first kappa shape index (κ1) is 22.8. The molecule has 0 spiro atoms. The summed E-state index contributed by atoms with van der Waals surface area (Å²) in [7, 11) is 0. The van der Waals surface area contributed by atoms with E-state index in [1.807, 2.05) is 11.0 Å². The van der Waals surface area contributed by atoms with Crippen LogP contribution in [-0.4, -0.2) is 23.9 Å². The van der Waals surface area contributed by atoms with Gasteiger partial charge in [0, 0.05) is 25.9 Å². The summed E-state index contributed by atoms with van der Waals surface area (Å²) in [4.78, 5) is 14.0. The lowest BCUT2D eigenvalue weighted by Gasteiger charge is -2.14. The summed E-state index contributed by atoms with van der Waals surface area (Å²) in [6, 6.07) is 0. The third-order valence-electron chi connectivity index (χ3n) is 5.18. The van der Waals surface area contributed by atoms with Crippen LogP contribution in [0.3, 0.4) is 0 Å². The zero-order valence-electron chi connectivity index (χ0n) is 17.2. The molecule has 0 N–H and O–H groups in total. The smallest absolute Gasteiger partial charge is 0.222 e. The Bertz CT molecular complexity index is 423. The van der Waals surface area contributed by atoms with E-state index in [0.717, 1.165) is 32.4 Å². The fraction of sp³-hybridized carbons (Fsp3) is 0.792. The van der Waals surface area contributed by atoms with Gasteiger partial charge in [0.15, 0.2) is 0 Å². The minimum absolute atomic E-state index is 0.385. The van der Waals surface area contributed by atoms with Crippen molar-refractivity contribution in [2.45, 2.75) is 110 Å². The van der Waals surface area contributed by atoms with Gasteiger partial charge in [0.1, 0.15) is 0 Å². The van der Waals surface area contributed by atoms with Crippen LogP contribution in [0.1, 0.15) is 110 Å². The summed E-state index contributed by atoms with van der Waals surface area (Å²) in [6.45, 7) is 4.24. The second kappa shape index (κ2) is 17.2. The van der Waals surface area contributed by atoms with Gasteiger partial charge in [-0.2, -0.15) is 0 Å². The first-order chi connectivity index (χ1) is 12.8. The number of unbranched alkanes of at least 4 members (excludes halogenated alkanes) is 11. The molecule has 0 aromatic carbocycles. The van der Waals surface area contributed by atoms with E-state index in [0.29, 0.717) is 5.91 Å². The van der Waals surface area contributed by atoms with E-state index in [-0.39, 0.29) is 0 Å². The van der Waals surface area contributed by atoms with Crippen LogP contribution in [0.4, 0.5) is 0 Å². The van der Waals surface area contributed by atoms with Gasteiger partial charge >= 0.3 is 0 Å². The van der Waals surface area contributed by atoms with Crippen molar-refractivity contribution in [1.82, 2.24) is 4.90 Å². The van der Waals surface area contributed by atoms with Gasteiger partial charge in [-0.15, -0.1) is 0 Å². The normalized spacial score (nSPS) is 14.0. The molecular weight excluding hydrogens is 318 g/mol. The average Bonchev–Trinajstić information content (AvgIpc) is 3.19. The molecule has 0 bridgehead atoms. The van der Waals surface area contributed by atoms with E-state index in [1.165, 1.54) is 83.5 Å². The number of rotatable bonds is 14. The maximum Gasteiger partial charge on any atom is 0.222 e. The van der Waals surface area contributed by atoms with Crippen molar-refractivity contribution in [3.63, 3.8) is 0 Å². The molecule has 2 heteroatoms. The Morgan fingerprint density at radius 1 is 0.885 bits per heavy atom. The van der Waals surface area contributed by atoms with Crippen molar-refractivity contribution in [1.29, 1.82) is 0 Å². The van der Waals surface area contributed by atoms with Crippen LogP contribution in [0.2, 0.25) is 0 Å². The summed E-state index contributed by atoms with van der Waals surface area (Å²) >= 11 is 0. The number of nitrogens with zero attached hydrogens (tertiary/aromatic N) is 1. The van der Waals surface area contributed by atoms with Gasteiger partial charge in [-0.1, -0.05) is 76.2 Å². The van der Waals surface area contributed by atoms with Crippen molar-refractivity contribution in [3.8, 4) is 11.8 Å². The second-order valence-electron chi connectivity index (χ2n) is 7.64. The number of carbonyl (C=O) groups excluding carboxylic acids is 1. The zero-order chi connectivity index (χ0) is 18.7. The third kappa shape index (κ3) is 13.0. The van der Waals surface area contributed by atoms with E-state index >= 15 is 0 Å². The fourth-order valence-corrected chi connectivity index (χ4v) is 3.46. The van der Waals surface area contributed by atoms with E-state index in [2.05, 4.69) is 24.8 Å². The topological polar surface area (TPSA) is 20.3 Å². The maximum absolute atomic E-state index is 11.9. The number of hydrogen-bond donors (Lipinski definition) is 0. The average molecular weight is 360 g/mol. The highest BCUT2D eigenvalue weighted by Crippen LogP contribution is 2.13. The molecule has 1 fully saturated rings. The number of carbonyl (C=O) groups is 1. The van der Waals surface area contributed by atoms with Crippen LogP contribution in [0.15, 0.2) is 12.2 Å². The minimum Gasteiger partial charge on any atom is -0.343 e. The van der Waals surface area contributed by atoms with Gasteiger partial charge < -0.3 is 4.90 Å². The van der Waals surface area contributed by atoms with Crippen molar-refractivity contribution >= 4 is 5.91 Å². The highest BCUT2D eigenvalue weighted by molar-refractivity contribution is 5.76. The standard InChI is InChI=1S/C24H41NO/c1-2-3-4-5-6-7-8-9-10-11-12-13-14-15-16-17-18-21-24(26)25-22-19-20-23-25/h7-8H,2-6,11-23H2,1H3/b8-7+. The Hall–Kier alpha value is -1.23. The monoisotopic (exact) mass is 359 g/mol. The summed E-state index contributed by atoms with van der Waals surface area (Å²) < 4.78 is 0. The molecule has 0 unspecified atom stereocenters. The molecule has 1 rings (SSSR count). The van der Waals surface area contributed by atoms with Gasteiger partial charge in [-0.25, -0.2) is 0 Å². The molecule has 2 nitrogen and oxygen atoms in total. The van der Waals surface area contributed by atoms with E-state index in [4.69, 9.17) is 0 Å². The van der Waals surface area contributed by atoms with Crippen LogP contribution in [-0.2, 0) is 4.79 Å². The number of likely N-dealkylation sites (tertiary alicyclic amines) is 1. The lowest BCUT2D eigenvalue weighted by Crippen LogP contribution is -2.27. The Morgan fingerprint density at radius 3 is 2.27 bits per heavy atom. The first-order valence-electron chi connectivity index (χ1n) is 11.3. The van der Waals surface area contributed by atoms with Gasteiger partial charge in [-0.05, 0) is 44.6 Å².